The third-order valence-corrected chi connectivity index (χ3v) is 6.27. The summed E-state index contributed by atoms with van der Waals surface area (Å²) in [5, 5.41) is 12.1. The van der Waals surface area contributed by atoms with Crippen LogP contribution in [-0.4, -0.2) is 27.0 Å². The van der Waals surface area contributed by atoms with Crippen LogP contribution in [0.5, 0.6) is 0 Å². The molecule has 4 rings (SSSR count). The number of aromatic nitrogens is 2. The van der Waals surface area contributed by atoms with E-state index in [4.69, 9.17) is 10.1 Å². The highest BCUT2D eigenvalue weighted by Gasteiger charge is 2.16. The zero-order valence-corrected chi connectivity index (χ0v) is 21.5. The Morgan fingerprint density at radius 3 is 2.19 bits per heavy atom. The molecule has 6 nitrogen and oxygen atoms in total. The second kappa shape index (κ2) is 9.46. The lowest BCUT2D eigenvalue weighted by Crippen LogP contribution is -2.13. The number of carboxylic acids is 1. The fraction of sp³-hybridized carbons (Fsp3) is 0.233. The topological polar surface area (TPSA) is 95.1 Å². The number of H-pyrrole nitrogens is 1. The van der Waals surface area contributed by atoms with Crippen molar-refractivity contribution in [3.8, 4) is 11.4 Å². The third-order valence-electron chi connectivity index (χ3n) is 6.27. The van der Waals surface area contributed by atoms with Gasteiger partial charge in [0.05, 0.1) is 11.0 Å². The van der Waals surface area contributed by atoms with E-state index in [2.05, 4.69) is 31.1 Å². The van der Waals surface area contributed by atoms with Crippen LogP contribution in [0.1, 0.15) is 60.3 Å². The van der Waals surface area contributed by atoms with Crippen LogP contribution in [0.25, 0.3) is 28.5 Å². The van der Waals surface area contributed by atoms with E-state index in [9.17, 15) is 9.59 Å². The fourth-order valence-electron chi connectivity index (χ4n) is 4.29. The fourth-order valence-corrected chi connectivity index (χ4v) is 4.29. The van der Waals surface area contributed by atoms with E-state index >= 15 is 0 Å². The number of aliphatic carboxylic acids is 1. The van der Waals surface area contributed by atoms with Gasteiger partial charge in [0.25, 0.3) is 5.91 Å². The summed E-state index contributed by atoms with van der Waals surface area (Å²) < 4.78 is 0. The first kappa shape index (κ1) is 24.9. The molecule has 4 aromatic rings. The number of imidazole rings is 1. The second-order valence-corrected chi connectivity index (χ2v) is 10.3. The molecule has 0 bridgehead atoms. The molecule has 0 saturated heterocycles. The van der Waals surface area contributed by atoms with E-state index in [1.54, 1.807) is 19.1 Å². The number of nitrogens with zero attached hydrogens (tertiary/aromatic N) is 1. The van der Waals surface area contributed by atoms with Crippen LogP contribution in [0, 0.1) is 13.8 Å². The van der Waals surface area contributed by atoms with Crippen LogP contribution >= 0.6 is 0 Å². The minimum Gasteiger partial charge on any atom is -0.478 e. The van der Waals surface area contributed by atoms with Crippen LogP contribution in [0.2, 0.25) is 0 Å². The van der Waals surface area contributed by atoms with Crippen molar-refractivity contribution in [1.82, 2.24) is 9.97 Å². The number of fused-ring (bicyclic) bond motifs is 1. The number of aromatic amines is 1. The van der Waals surface area contributed by atoms with Gasteiger partial charge >= 0.3 is 5.97 Å². The van der Waals surface area contributed by atoms with Crippen molar-refractivity contribution in [3.63, 3.8) is 0 Å². The first-order chi connectivity index (χ1) is 16.9. The van der Waals surface area contributed by atoms with E-state index in [0.717, 1.165) is 39.0 Å². The number of anilines is 1. The van der Waals surface area contributed by atoms with Crippen molar-refractivity contribution in [2.24, 2.45) is 0 Å². The average molecular weight is 482 g/mol. The molecule has 0 fully saturated rings. The normalized spacial score (nSPS) is 12.1. The maximum atomic E-state index is 12.9. The molecule has 3 N–H and O–H groups in total. The van der Waals surface area contributed by atoms with E-state index in [1.165, 1.54) is 5.56 Å². The zero-order valence-electron chi connectivity index (χ0n) is 21.5. The highest BCUT2D eigenvalue weighted by atomic mass is 16.4. The Morgan fingerprint density at radius 2 is 1.61 bits per heavy atom. The molecule has 0 saturated carbocycles. The Morgan fingerprint density at radius 1 is 0.972 bits per heavy atom. The molecule has 0 aliphatic rings. The van der Waals surface area contributed by atoms with Crippen molar-refractivity contribution >= 4 is 34.7 Å². The zero-order chi connectivity index (χ0) is 26.2. The second-order valence-electron chi connectivity index (χ2n) is 10.3. The largest absolute Gasteiger partial charge is 0.478 e. The number of aryl methyl sites for hydroxylation is 2. The summed E-state index contributed by atoms with van der Waals surface area (Å²) in [4.78, 5) is 32.2. The van der Waals surface area contributed by atoms with Gasteiger partial charge in [0.15, 0.2) is 0 Å². The molecule has 6 heteroatoms. The summed E-state index contributed by atoms with van der Waals surface area (Å²) in [5.41, 5.74) is 8.11. The number of carbonyl (C=O) groups is 2. The lowest BCUT2D eigenvalue weighted by molar-refractivity contribution is -0.132. The number of hydrogen-bond donors (Lipinski definition) is 3. The molecule has 3 aromatic carbocycles. The van der Waals surface area contributed by atoms with Crippen LogP contribution in [0.15, 0.2) is 60.2 Å². The van der Waals surface area contributed by atoms with Gasteiger partial charge < -0.3 is 15.4 Å². The van der Waals surface area contributed by atoms with Crippen LogP contribution in [-0.2, 0) is 10.2 Å². The molecular weight excluding hydrogens is 450 g/mol. The van der Waals surface area contributed by atoms with Gasteiger partial charge in [0, 0.05) is 22.4 Å². The Hall–Kier alpha value is -4.19. The average Bonchev–Trinajstić information content (AvgIpc) is 3.21. The maximum absolute atomic E-state index is 12.9. The standard InChI is InChI=1S/C30H31N3O3/c1-17-13-20(15-19(3)29(35)36)14-18(2)26(17)27-32-24-12-7-21(16-25(24)33-27)28(34)31-23-10-8-22(9-11-23)30(4,5)6/h7-16H,1-6H3,(H,31,34)(H,32,33)(H,35,36). The highest BCUT2D eigenvalue weighted by molar-refractivity contribution is 6.06. The number of carboxylic acid groups (broad SMARTS) is 1. The minimum absolute atomic E-state index is 0.0526. The Labute approximate surface area is 211 Å². The van der Waals surface area contributed by atoms with E-state index in [-0.39, 0.29) is 16.9 Å². The third kappa shape index (κ3) is 5.23. The number of rotatable bonds is 5. The predicted octanol–water partition coefficient (Wildman–Crippen LogP) is 6.88. The van der Waals surface area contributed by atoms with Gasteiger partial charge in [-0.05, 0) is 84.8 Å². The lowest BCUT2D eigenvalue weighted by atomic mass is 9.87. The molecule has 1 amide bonds. The van der Waals surface area contributed by atoms with Gasteiger partial charge in [0.1, 0.15) is 5.82 Å². The van der Waals surface area contributed by atoms with Crippen molar-refractivity contribution in [1.29, 1.82) is 0 Å². The predicted molar refractivity (Wildman–Crippen MR) is 145 cm³/mol. The maximum Gasteiger partial charge on any atom is 0.331 e. The summed E-state index contributed by atoms with van der Waals surface area (Å²) in [6.45, 7) is 12.0. The van der Waals surface area contributed by atoms with Crippen molar-refractivity contribution in [3.05, 3.63) is 88.0 Å². The number of hydrogen-bond acceptors (Lipinski definition) is 3. The van der Waals surface area contributed by atoms with Crippen LogP contribution < -0.4 is 5.32 Å². The first-order valence-corrected chi connectivity index (χ1v) is 11.9. The number of benzene rings is 3. The van der Waals surface area contributed by atoms with Crippen molar-refractivity contribution in [2.45, 2.75) is 47.0 Å². The summed E-state index contributed by atoms with van der Waals surface area (Å²) >= 11 is 0. The Kier molecular flexibility index (Phi) is 6.55. The number of nitrogens with one attached hydrogen (secondary N) is 2. The summed E-state index contributed by atoms with van der Waals surface area (Å²) in [7, 11) is 0. The van der Waals surface area contributed by atoms with Crippen molar-refractivity contribution < 1.29 is 14.7 Å². The highest BCUT2D eigenvalue weighted by Crippen LogP contribution is 2.29. The summed E-state index contributed by atoms with van der Waals surface area (Å²) in [6.07, 6.45) is 1.66. The van der Waals surface area contributed by atoms with Gasteiger partial charge in [0.2, 0.25) is 0 Å². The minimum atomic E-state index is -0.937. The summed E-state index contributed by atoms with van der Waals surface area (Å²) in [5.74, 6) is -0.414. The number of carbonyl (C=O) groups excluding carboxylic acids is 1. The molecule has 0 spiro atoms. The monoisotopic (exact) mass is 481 g/mol. The van der Waals surface area contributed by atoms with Gasteiger partial charge in [-0.3, -0.25) is 4.79 Å². The molecule has 0 aliphatic carbocycles. The van der Waals surface area contributed by atoms with Crippen LogP contribution in [0.4, 0.5) is 5.69 Å². The molecule has 1 heterocycles. The Bertz CT molecular complexity index is 1480. The molecule has 184 valence electrons. The molecule has 0 radical (unpaired) electrons. The lowest BCUT2D eigenvalue weighted by Gasteiger charge is -2.19. The van der Waals surface area contributed by atoms with Crippen molar-refractivity contribution in [2.75, 3.05) is 5.32 Å². The smallest absolute Gasteiger partial charge is 0.331 e. The molecule has 0 aliphatic heterocycles. The van der Waals surface area contributed by atoms with Gasteiger partial charge in [-0.2, -0.15) is 0 Å². The van der Waals surface area contributed by atoms with Crippen LogP contribution in [0.3, 0.4) is 0 Å². The molecule has 36 heavy (non-hydrogen) atoms. The molecule has 1 aromatic heterocycles. The summed E-state index contributed by atoms with van der Waals surface area (Å²) in [6, 6.07) is 17.2. The number of amides is 1. The molecule has 0 unspecified atom stereocenters. The first-order valence-electron chi connectivity index (χ1n) is 11.9. The van der Waals surface area contributed by atoms with Gasteiger partial charge in [-0.1, -0.05) is 45.0 Å². The molecule has 0 atom stereocenters. The van der Waals surface area contributed by atoms with Gasteiger partial charge in [-0.25, -0.2) is 9.78 Å². The quantitative estimate of drug-likeness (QED) is 0.271. The van der Waals surface area contributed by atoms with E-state index < -0.39 is 5.97 Å². The van der Waals surface area contributed by atoms with E-state index in [1.807, 2.05) is 62.4 Å². The Balaban J connectivity index is 1.60. The SMILES string of the molecule is CC(=Cc1cc(C)c(-c2nc3ccc(C(=O)Nc4ccc(C(C)(C)C)cc4)cc3[nH]2)c(C)c1)C(=O)O. The van der Waals surface area contributed by atoms with Gasteiger partial charge in [-0.15, -0.1) is 0 Å². The molecular formula is C30H31N3O3. The van der Waals surface area contributed by atoms with E-state index in [0.29, 0.717) is 11.4 Å².